The van der Waals surface area contributed by atoms with E-state index in [0.29, 0.717) is 34.4 Å². The first-order valence-corrected chi connectivity index (χ1v) is 11.1. The van der Waals surface area contributed by atoms with Crippen LogP contribution in [-0.2, 0) is 11.2 Å². The predicted octanol–water partition coefficient (Wildman–Crippen LogP) is 4.31. The fourth-order valence-electron chi connectivity index (χ4n) is 2.49. The van der Waals surface area contributed by atoms with Crippen LogP contribution in [0.4, 0.5) is 0 Å². The van der Waals surface area contributed by atoms with Crippen LogP contribution in [0.5, 0.6) is 0 Å². The van der Waals surface area contributed by atoms with Gasteiger partial charge in [0.15, 0.2) is 0 Å². The summed E-state index contributed by atoms with van der Waals surface area (Å²) in [5, 5.41) is 6.46. The zero-order valence-corrected chi connectivity index (χ0v) is 18.2. The summed E-state index contributed by atoms with van der Waals surface area (Å²) >= 11 is 10.9. The van der Waals surface area contributed by atoms with Crippen molar-refractivity contribution in [3.05, 3.63) is 69.2 Å². The predicted molar refractivity (Wildman–Crippen MR) is 117 cm³/mol. The molecule has 2 rings (SSSR count). The van der Waals surface area contributed by atoms with E-state index in [4.69, 9.17) is 11.6 Å². The van der Waals surface area contributed by atoms with Crippen molar-refractivity contribution < 1.29 is 9.59 Å². The molecule has 0 fully saturated rings. The first-order chi connectivity index (χ1) is 13.0. The maximum atomic E-state index is 12.6. The monoisotopic (exact) mass is 468 g/mol. The quantitative estimate of drug-likeness (QED) is 0.575. The van der Waals surface area contributed by atoms with Gasteiger partial charge in [0.1, 0.15) is 6.04 Å². The van der Waals surface area contributed by atoms with Gasteiger partial charge in [-0.05, 0) is 70.6 Å². The summed E-state index contributed by atoms with van der Waals surface area (Å²) in [5.74, 6) is 0.353. The van der Waals surface area contributed by atoms with E-state index in [1.54, 1.807) is 30.0 Å². The van der Waals surface area contributed by atoms with Crippen molar-refractivity contribution in [3.63, 3.8) is 0 Å². The second-order valence-corrected chi connectivity index (χ2v) is 8.23. The fraction of sp³-hybridized carbons (Fsp3) is 0.300. The molecule has 0 saturated carbocycles. The minimum atomic E-state index is -0.567. The largest absolute Gasteiger partial charge is 0.354 e. The summed E-state index contributed by atoms with van der Waals surface area (Å²) in [4.78, 5) is 25.1. The van der Waals surface area contributed by atoms with Crippen LogP contribution in [-0.4, -0.2) is 36.4 Å². The third kappa shape index (κ3) is 7.20. The maximum Gasteiger partial charge on any atom is 0.253 e. The molecule has 0 bridgehead atoms. The van der Waals surface area contributed by atoms with Gasteiger partial charge in [-0.3, -0.25) is 9.59 Å². The molecule has 2 N–H and O–H groups in total. The van der Waals surface area contributed by atoms with Crippen molar-refractivity contribution in [1.29, 1.82) is 0 Å². The van der Waals surface area contributed by atoms with E-state index in [0.717, 1.165) is 11.3 Å². The van der Waals surface area contributed by atoms with Crippen molar-refractivity contribution in [1.82, 2.24) is 10.6 Å². The van der Waals surface area contributed by atoms with Crippen LogP contribution in [0.3, 0.4) is 0 Å². The molecule has 2 amide bonds. The molecular weight excluding hydrogens is 448 g/mol. The van der Waals surface area contributed by atoms with Crippen molar-refractivity contribution >= 4 is 51.1 Å². The first-order valence-electron chi connectivity index (χ1n) is 8.57. The average Bonchev–Trinajstić information content (AvgIpc) is 2.66. The van der Waals surface area contributed by atoms with Crippen LogP contribution < -0.4 is 10.6 Å². The highest BCUT2D eigenvalue weighted by Gasteiger charge is 2.21. The lowest BCUT2D eigenvalue weighted by Crippen LogP contribution is -2.47. The minimum Gasteiger partial charge on any atom is -0.354 e. The second-order valence-electron chi connectivity index (χ2n) is 5.95. The normalized spacial score (nSPS) is 11.7. The number of hydrogen-bond acceptors (Lipinski definition) is 3. The van der Waals surface area contributed by atoms with E-state index < -0.39 is 6.04 Å². The summed E-state index contributed by atoms with van der Waals surface area (Å²) in [7, 11) is 0. The van der Waals surface area contributed by atoms with Crippen molar-refractivity contribution in [3.8, 4) is 0 Å². The number of nitrogens with one attached hydrogen (secondary N) is 2. The number of hydrogen-bond donors (Lipinski definition) is 2. The Morgan fingerprint density at radius 2 is 1.85 bits per heavy atom. The molecule has 0 radical (unpaired) electrons. The summed E-state index contributed by atoms with van der Waals surface area (Å²) in [6.45, 7) is 0.501. The Morgan fingerprint density at radius 3 is 2.52 bits per heavy atom. The average molecular weight is 470 g/mol. The Labute approximate surface area is 177 Å². The van der Waals surface area contributed by atoms with Gasteiger partial charge in [0.25, 0.3) is 5.91 Å². The zero-order valence-electron chi connectivity index (χ0n) is 15.0. The van der Waals surface area contributed by atoms with Gasteiger partial charge in [0, 0.05) is 16.0 Å². The molecule has 0 aromatic heterocycles. The lowest BCUT2D eigenvalue weighted by molar-refractivity contribution is -0.122. The minimum absolute atomic E-state index is 0.168. The molecule has 1 unspecified atom stereocenters. The number of halogens is 2. The standard InChI is InChI=1S/C20H22BrClN2O2S/c1-27-13-11-18(24-19(25)16-4-2-3-5-17(16)21)20(26)23-12-10-14-6-8-15(22)9-7-14/h2-9,18H,10-13H2,1H3,(H,23,26)(H,24,25). The van der Waals surface area contributed by atoms with Gasteiger partial charge in [-0.1, -0.05) is 35.9 Å². The van der Waals surface area contributed by atoms with Gasteiger partial charge < -0.3 is 10.6 Å². The number of rotatable bonds is 9. The smallest absolute Gasteiger partial charge is 0.253 e. The Morgan fingerprint density at radius 1 is 1.15 bits per heavy atom. The van der Waals surface area contributed by atoms with Gasteiger partial charge in [-0.25, -0.2) is 0 Å². The van der Waals surface area contributed by atoms with E-state index in [9.17, 15) is 9.59 Å². The van der Waals surface area contributed by atoms with Gasteiger partial charge in [0.2, 0.25) is 5.91 Å². The van der Waals surface area contributed by atoms with E-state index >= 15 is 0 Å². The summed E-state index contributed by atoms with van der Waals surface area (Å²) in [6.07, 6.45) is 3.26. The number of amides is 2. The molecule has 144 valence electrons. The number of thioether (sulfide) groups is 1. The molecule has 7 heteroatoms. The van der Waals surface area contributed by atoms with Crippen LogP contribution in [0.15, 0.2) is 53.0 Å². The Balaban J connectivity index is 1.93. The van der Waals surface area contributed by atoms with Gasteiger partial charge >= 0.3 is 0 Å². The molecule has 0 spiro atoms. The summed E-state index contributed by atoms with van der Waals surface area (Å²) < 4.78 is 0.703. The van der Waals surface area contributed by atoms with E-state index in [-0.39, 0.29) is 11.8 Å². The first kappa shape index (κ1) is 21.8. The fourth-order valence-corrected chi connectivity index (χ4v) is 3.55. The lowest BCUT2D eigenvalue weighted by Gasteiger charge is -2.18. The molecular formula is C20H22BrClN2O2S. The van der Waals surface area contributed by atoms with Crippen LogP contribution >= 0.6 is 39.3 Å². The Kier molecular flexibility index (Phi) is 9.18. The molecule has 0 heterocycles. The number of carbonyl (C=O) groups is 2. The molecule has 4 nitrogen and oxygen atoms in total. The molecule has 27 heavy (non-hydrogen) atoms. The second kappa shape index (κ2) is 11.4. The van der Waals surface area contributed by atoms with Crippen LogP contribution in [0.25, 0.3) is 0 Å². The Hall–Kier alpha value is -1.50. The van der Waals surface area contributed by atoms with Gasteiger partial charge in [-0.2, -0.15) is 11.8 Å². The van der Waals surface area contributed by atoms with Gasteiger partial charge in [-0.15, -0.1) is 0 Å². The summed E-state index contributed by atoms with van der Waals surface area (Å²) in [6, 6.07) is 14.1. The maximum absolute atomic E-state index is 12.6. The van der Waals surface area contributed by atoms with E-state index in [1.165, 1.54) is 0 Å². The third-order valence-corrected chi connectivity index (χ3v) is 5.56. The highest BCUT2D eigenvalue weighted by atomic mass is 79.9. The topological polar surface area (TPSA) is 58.2 Å². The molecule has 0 aliphatic carbocycles. The lowest BCUT2D eigenvalue weighted by atomic mass is 10.1. The van der Waals surface area contributed by atoms with Gasteiger partial charge in [0.05, 0.1) is 5.56 Å². The molecule has 2 aromatic rings. The molecule has 1 atom stereocenters. The van der Waals surface area contributed by atoms with Crippen molar-refractivity contribution in [2.75, 3.05) is 18.6 Å². The highest BCUT2D eigenvalue weighted by molar-refractivity contribution is 9.10. The molecule has 0 aliphatic heterocycles. The van der Waals surface area contributed by atoms with E-state index in [2.05, 4.69) is 26.6 Å². The molecule has 0 saturated heterocycles. The Bertz CT molecular complexity index is 771. The third-order valence-electron chi connectivity index (χ3n) is 3.98. The van der Waals surface area contributed by atoms with E-state index in [1.807, 2.05) is 36.6 Å². The summed E-state index contributed by atoms with van der Waals surface area (Å²) in [5.41, 5.74) is 1.61. The van der Waals surface area contributed by atoms with Crippen molar-refractivity contribution in [2.45, 2.75) is 18.9 Å². The number of carbonyl (C=O) groups excluding carboxylic acids is 2. The van der Waals surface area contributed by atoms with Crippen LogP contribution in [0.1, 0.15) is 22.3 Å². The SMILES string of the molecule is CSCCC(NC(=O)c1ccccc1Br)C(=O)NCCc1ccc(Cl)cc1. The number of benzene rings is 2. The molecule has 0 aliphatic rings. The highest BCUT2D eigenvalue weighted by Crippen LogP contribution is 2.16. The zero-order chi connectivity index (χ0) is 19.6. The molecule has 2 aromatic carbocycles. The van der Waals surface area contributed by atoms with Crippen LogP contribution in [0, 0.1) is 0 Å². The van der Waals surface area contributed by atoms with Crippen LogP contribution in [0.2, 0.25) is 5.02 Å². The van der Waals surface area contributed by atoms with Crippen molar-refractivity contribution in [2.24, 2.45) is 0 Å².